The third-order valence-corrected chi connectivity index (χ3v) is 12.0. The van der Waals surface area contributed by atoms with Crippen LogP contribution in [-0.4, -0.2) is 98.1 Å². The largest absolute Gasteiger partial charge is 0.461 e. The van der Waals surface area contributed by atoms with Gasteiger partial charge in [0.05, 0.1) is 26.9 Å². The molecule has 6 heterocycles. The molecule has 17 heteroatoms. The highest BCUT2D eigenvalue weighted by molar-refractivity contribution is 7.23. The Morgan fingerprint density at radius 1 is 1.23 bits per heavy atom. The molecule has 2 N–H and O–H groups in total. The van der Waals surface area contributed by atoms with Crippen molar-refractivity contribution in [1.82, 2.24) is 34.5 Å². The van der Waals surface area contributed by atoms with Gasteiger partial charge in [0.1, 0.15) is 53.7 Å². The molecule has 0 radical (unpaired) electrons. The van der Waals surface area contributed by atoms with Crippen LogP contribution in [-0.2, 0) is 0 Å². The number of ether oxygens (including phenoxy) is 1. The van der Waals surface area contributed by atoms with Crippen LogP contribution in [0.5, 0.6) is 6.01 Å². The van der Waals surface area contributed by atoms with Gasteiger partial charge in [-0.2, -0.15) is 25.0 Å². The van der Waals surface area contributed by atoms with Crippen LogP contribution < -0.4 is 15.4 Å². The van der Waals surface area contributed by atoms with Gasteiger partial charge >= 0.3 is 12.0 Å². The highest BCUT2D eigenvalue weighted by atomic mass is 35.5. The first-order valence-electron chi connectivity index (χ1n) is 17.1. The molecule has 270 valence electrons. The number of aromatic nitrogens is 5. The van der Waals surface area contributed by atoms with E-state index in [2.05, 4.69) is 20.0 Å². The summed E-state index contributed by atoms with van der Waals surface area (Å²) in [5, 5.41) is 14.5. The summed E-state index contributed by atoms with van der Waals surface area (Å²) < 4.78 is 54.3. The van der Waals surface area contributed by atoms with E-state index in [1.54, 1.807) is 18.0 Å². The number of hydrogen-bond acceptors (Lipinski definition) is 11. The monoisotopic (exact) mass is 750 g/mol. The Bertz CT molecular complexity index is 2250. The molecule has 3 aromatic heterocycles. The second-order valence-corrected chi connectivity index (χ2v) is 15.2. The molecular weight excluding hydrogens is 717 g/mol. The zero-order valence-corrected chi connectivity index (χ0v) is 29.7. The van der Waals surface area contributed by atoms with Crippen LogP contribution in [0.3, 0.4) is 0 Å². The van der Waals surface area contributed by atoms with E-state index >= 15 is 4.39 Å². The number of halogens is 4. The molecule has 3 saturated heterocycles. The van der Waals surface area contributed by atoms with Gasteiger partial charge < -0.3 is 20.3 Å². The van der Waals surface area contributed by atoms with E-state index in [1.807, 2.05) is 11.0 Å². The minimum Gasteiger partial charge on any atom is -0.461 e. The maximum atomic E-state index is 17.2. The van der Waals surface area contributed by atoms with E-state index < -0.39 is 23.3 Å². The summed E-state index contributed by atoms with van der Waals surface area (Å²) in [6.07, 6.45) is 5.94. The van der Waals surface area contributed by atoms with Crippen molar-refractivity contribution in [3.05, 3.63) is 53.1 Å². The fourth-order valence-corrected chi connectivity index (χ4v) is 9.36. The highest BCUT2D eigenvalue weighted by Crippen LogP contribution is 2.46. The number of benzene rings is 2. The lowest BCUT2D eigenvalue weighted by molar-refractivity contribution is 0.107. The molecule has 52 heavy (non-hydrogen) atoms. The Labute approximate surface area is 305 Å². The second kappa shape index (κ2) is 13.4. The van der Waals surface area contributed by atoms with Crippen LogP contribution in [0.4, 0.5) is 28.8 Å². The smallest absolute Gasteiger partial charge is 0.346 e. The molecule has 5 aromatic rings. The van der Waals surface area contributed by atoms with Gasteiger partial charge in [0.15, 0.2) is 5.82 Å². The summed E-state index contributed by atoms with van der Waals surface area (Å²) in [5.41, 5.74) is 5.63. The minimum atomic E-state index is -0.970. The van der Waals surface area contributed by atoms with Crippen molar-refractivity contribution in [3.63, 3.8) is 0 Å². The molecule has 0 spiro atoms. The first-order chi connectivity index (χ1) is 25.1. The normalized spacial score (nSPS) is 22.1. The van der Waals surface area contributed by atoms with E-state index in [0.29, 0.717) is 43.7 Å². The van der Waals surface area contributed by atoms with E-state index in [1.165, 1.54) is 29.5 Å². The number of hydrogen-bond donors (Lipinski definition) is 1. The number of nitriles is 1. The number of carbonyl (C=O) groups is 1. The molecule has 0 saturated carbocycles. The summed E-state index contributed by atoms with van der Waals surface area (Å²) >= 11 is 7.81. The maximum absolute atomic E-state index is 17.2. The minimum absolute atomic E-state index is 0.00429. The third kappa shape index (κ3) is 5.75. The fourth-order valence-electron chi connectivity index (χ4n) is 8.12. The zero-order valence-electron chi connectivity index (χ0n) is 28.2. The maximum Gasteiger partial charge on any atom is 0.346 e. The number of rotatable bonds is 6. The quantitative estimate of drug-likeness (QED) is 0.207. The van der Waals surface area contributed by atoms with Gasteiger partial charge in [0.25, 0.3) is 0 Å². The molecule has 12 nitrogen and oxygen atoms in total. The molecular formula is C35H34ClF3N10O2S. The van der Waals surface area contributed by atoms with Crippen molar-refractivity contribution >= 4 is 60.8 Å². The Morgan fingerprint density at radius 3 is 2.87 bits per heavy atom. The van der Waals surface area contributed by atoms with E-state index in [-0.39, 0.29) is 67.0 Å². The van der Waals surface area contributed by atoms with Crippen molar-refractivity contribution < 1.29 is 22.7 Å². The van der Waals surface area contributed by atoms with Crippen LogP contribution in [0, 0.1) is 23.0 Å². The van der Waals surface area contributed by atoms with Crippen LogP contribution in [0.1, 0.15) is 44.1 Å². The lowest BCUT2D eigenvalue weighted by Crippen LogP contribution is -2.46. The average molecular weight is 751 g/mol. The van der Waals surface area contributed by atoms with Gasteiger partial charge in [-0.3, -0.25) is 4.90 Å². The average Bonchev–Trinajstić information content (AvgIpc) is 3.89. The van der Waals surface area contributed by atoms with Gasteiger partial charge in [0.2, 0.25) is 0 Å². The molecule has 0 bridgehead atoms. The molecule has 2 aromatic carbocycles. The van der Waals surface area contributed by atoms with Crippen molar-refractivity contribution in [2.75, 3.05) is 50.5 Å². The number of alkyl halides is 1. The van der Waals surface area contributed by atoms with Crippen LogP contribution in [0.15, 0.2) is 30.9 Å². The number of thiophene rings is 1. The van der Waals surface area contributed by atoms with Gasteiger partial charge in [-0.15, -0.1) is 11.3 Å². The predicted octanol–water partition coefficient (Wildman–Crippen LogP) is 6.40. The molecule has 3 fully saturated rings. The molecule has 1 amide bonds. The number of anilines is 2. The molecule has 3 aliphatic rings. The SMILES string of the molecule is CN(C(=O)n1cncn1)C1CCCCN(c2nc(OC[C@@]34CCCN3C[C@H](F)C4)nc3c(F)c(-c4ccc(F)c5sc(N)c(C#N)c45)c(Cl)cc23)C1. The lowest BCUT2D eigenvalue weighted by atomic mass is 9.95. The standard InChI is InChI=1S/C35H34ClF3N10O2S/c1-46(34(50)49-18-42-17-43-49)20-5-2-3-9-47(15-20)32-22-11-24(36)27(21-6-7-25(38)30-26(21)23(13-40)31(41)52-30)28(39)29(22)44-33(45-32)51-16-35-8-4-10-48(35)14-19(37)12-35/h6-7,11,17-20H,2-5,8-10,12,14-16,41H2,1H3/t19-,20?,35+/m1/s1. The molecule has 3 aliphatic heterocycles. The van der Waals surface area contributed by atoms with E-state index in [9.17, 15) is 18.8 Å². The number of fused-ring (bicyclic) bond motifs is 3. The second-order valence-electron chi connectivity index (χ2n) is 13.7. The zero-order chi connectivity index (χ0) is 36.3. The number of amides is 1. The predicted molar refractivity (Wildman–Crippen MR) is 191 cm³/mol. The van der Waals surface area contributed by atoms with E-state index in [4.69, 9.17) is 27.1 Å². The van der Waals surface area contributed by atoms with Crippen LogP contribution in [0.25, 0.3) is 32.1 Å². The Balaban J connectivity index is 1.26. The third-order valence-electron chi connectivity index (χ3n) is 10.7. The Hall–Kier alpha value is -4.72. The number of likely N-dealkylation sites (N-methyl/N-ethyl adjacent to an activating group) is 1. The van der Waals surface area contributed by atoms with E-state index in [0.717, 1.165) is 43.6 Å². The summed E-state index contributed by atoms with van der Waals surface area (Å²) in [5.74, 6) is -1.05. The van der Waals surface area contributed by atoms with Gasteiger partial charge in [0, 0.05) is 49.4 Å². The Morgan fingerprint density at radius 2 is 2.08 bits per heavy atom. The van der Waals surface area contributed by atoms with Gasteiger partial charge in [-0.25, -0.2) is 22.9 Å². The Kier molecular flexibility index (Phi) is 8.83. The highest BCUT2D eigenvalue weighted by Gasteiger charge is 2.49. The van der Waals surface area contributed by atoms with Crippen molar-refractivity contribution in [3.8, 4) is 23.2 Å². The van der Waals surface area contributed by atoms with Crippen molar-refractivity contribution in [2.45, 2.75) is 56.3 Å². The summed E-state index contributed by atoms with van der Waals surface area (Å²) in [4.78, 5) is 32.3. The van der Waals surface area contributed by atoms with Gasteiger partial charge in [-0.05, 0) is 56.3 Å². The molecule has 1 unspecified atom stereocenters. The summed E-state index contributed by atoms with van der Waals surface area (Å²) in [6.45, 7) is 2.11. The fraction of sp³-hybridized carbons (Fsp3) is 0.429. The molecule has 3 atom stereocenters. The number of nitrogen functional groups attached to an aromatic ring is 1. The van der Waals surface area contributed by atoms with Crippen LogP contribution in [0.2, 0.25) is 5.02 Å². The summed E-state index contributed by atoms with van der Waals surface area (Å²) in [6, 6.07) is 5.46. The first-order valence-corrected chi connectivity index (χ1v) is 18.3. The van der Waals surface area contributed by atoms with Crippen molar-refractivity contribution in [1.29, 1.82) is 5.26 Å². The number of nitrogens with two attached hydrogens (primary N) is 1. The summed E-state index contributed by atoms with van der Waals surface area (Å²) in [7, 11) is 1.70. The molecule has 8 rings (SSSR count). The first kappa shape index (κ1) is 34.4. The molecule has 0 aliphatic carbocycles. The number of carbonyl (C=O) groups excluding carboxylic acids is 1. The lowest BCUT2D eigenvalue weighted by Gasteiger charge is -2.32. The number of nitrogens with zero attached hydrogens (tertiary/aromatic N) is 9. The van der Waals surface area contributed by atoms with Crippen LogP contribution >= 0.6 is 22.9 Å². The van der Waals surface area contributed by atoms with Gasteiger partial charge in [-0.1, -0.05) is 17.7 Å². The topological polar surface area (TPSA) is 142 Å². The van der Waals surface area contributed by atoms with Crippen molar-refractivity contribution in [2.24, 2.45) is 0 Å².